The summed E-state index contributed by atoms with van der Waals surface area (Å²) >= 11 is 1.44. The minimum absolute atomic E-state index is 0.0360. The van der Waals surface area contributed by atoms with Crippen LogP contribution in [-0.2, 0) is 24.3 Å². The highest BCUT2D eigenvalue weighted by molar-refractivity contribution is 7.99. The first-order valence-corrected chi connectivity index (χ1v) is 12.4. The van der Waals surface area contributed by atoms with E-state index in [2.05, 4.69) is 44.0 Å². The molecule has 1 N–H and O–H groups in total. The quantitative estimate of drug-likeness (QED) is 0.484. The Hall–Kier alpha value is -2.64. The summed E-state index contributed by atoms with van der Waals surface area (Å²) in [6.45, 7) is 5.85. The molecule has 0 radical (unpaired) electrons. The summed E-state index contributed by atoms with van der Waals surface area (Å²) in [6, 6.07) is 18.4. The fourth-order valence-corrected chi connectivity index (χ4v) is 4.69. The van der Waals surface area contributed by atoms with E-state index in [-0.39, 0.29) is 5.91 Å². The second-order valence-corrected chi connectivity index (χ2v) is 9.14. The number of benzene rings is 2. The van der Waals surface area contributed by atoms with Gasteiger partial charge in [0.2, 0.25) is 5.91 Å². The van der Waals surface area contributed by atoms with E-state index in [1.54, 1.807) is 0 Å². The van der Waals surface area contributed by atoms with Crippen molar-refractivity contribution in [3.63, 3.8) is 0 Å². The molecule has 1 aliphatic rings. The Morgan fingerprint density at radius 1 is 0.938 bits per heavy atom. The lowest BCUT2D eigenvalue weighted by Crippen LogP contribution is -2.30. The van der Waals surface area contributed by atoms with Crippen molar-refractivity contribution in [2.24, 2.45) is 0 Å². The van der Waals surface area contributed by atoms with Gasteiger partial charge in [0.1, 0.15) is 5.82 Å². The summed E-state index contributed by atoms with van der Waals surface area (Å²) in [5.41, 5.74) is 3.28. The number of anilines is 1. The molecule has 1 aliphatic heterocycles. The molecule has 2 aromatic carbocycles. The van der Waals surface area contributed by atoms with Crippen LogP contribution in [0.4, 0.5) is 5.69 Å². The Kier molecular flexibility index (Phi) is 7.96. The number of aryl methyl sites for hydroxylation is 1. The van der Waals surface area contributed by atoms with Crippen molar-refractivity contribution in [3.05, 3.63) is 71.5 Å². The third-order valence-electron chi connectivity index (χ3n) is 5.77. The van der Waals surface area contributed by atoms with Crippen molar-refractivity contribution >= 4 is 23.4 Å². The van der Waals surface area contributed by atoms with E-state index in [1.807, 2.05) is 42.5 Å². The Labute approximate surface area is 194 Å². The van der Waals surface area contributed by atoms with E-state index in [0.29, 0.717) is 12.3 Å². The molecule has 0 spiro atoms. The number of piperidine rings is 1. The molecule has 1 amide bonds. The molecule has 0 aliphatic carbocycles. The van der Waals surface area contributed by atoms with Crippen LogP contribution in [0.25, 0.3) is 0 Å². The second kappa shape index (κ2) is 11.3. The van der Waals surface area contributed by atoms with Crippen LogP contribution in [0, 0.1) is 0 Å². The van der Waals surface area contributed by atoms with Crippen molar-refractivity contribution in [1.29, 1.82) is 0 Å². The van der Waals surface area contributed by atoms with Gasteiger partial charge in [-0.2, -0.15) is 0 Å². The third kappa shape index (κ3) is 6.20. The van der Waals surface area contributed by atoms with Gasteiger partial charge >= 0.3 is 0 Å². The lowest BCUT2D eigenvalue weighted by molar-refractivity contribution is -0.113. The number of rotatable bonds is 9. The molecule has 2 heterocycles. The normalized spacial score (nSPS) is 14.4. The maximum absolute atomic E-state index is 12.5. The highest BCUT2D eigenvalue weighted by Gasteiger charge is 2.18. The number of nitrogens with one attached hydrogen (secondary N) is 1. The molecule has 0 atom stereocenters. The molecule has 0 saturated carbocycles. The summed E-state index contributed by atoms with van der Waals surface area (Å²) in [6.07, 6.45) is 4.78. The van der Waals surface area contributed by atoms with Crippen LogP contribution in [0.3, 0.4) is 0 Å². The van der Waals surface area contributed by atoms with E-state index in [0.717, 1.165) is 42.7 Å². The number of hydrogen-bond donors (Lipinski definition) is 1. The first-order valence-electron chi connectivity index (χ1n) is 11.4. The number of carbonyl (C=O) groups is 1. The lowest BCUT2D eigenvalue weighted by atomic mass is 10.1. The molecule has 7 heteroatoms. The number of nitrogens with zero attached hydrogens (tertiary/aromatic N) is 4. The van der Waals surface area contributed by atoms with Gasteiger partial charge in [-0.3, -0.25) is 9.69 Å². The van der Waals surface area contributed by atoms with Crippen LogP contribution in [0.15, 0.2) is 59.8 Å². The number of amides is 1. The Morgan fingerprint density at radius 2 is 1.69 bits per heavy atom. The van der Waals surface area contributed by atoms with Crippen LogP contribution in [0.2, 0.25) is 0 Å². The van der Waals surface area contributed by atoms with Gasteiger partial charge in [-0.25, -0.2) is 0 Å². The van der Waals surface area contributed by atoms with Crippen LogP contribution in [0.5, 0.6) is 0 Å². The van der Waals surface area contributed by atoms with Crippen molar-refractivity contribution in [2.45, 2.75) is 50.9 Å². The smallest absolute Gasteiger partial charge is 0.234 e. The summed E-state index contributed by atoms with van der Waals surface area (Å²) in [5.74, 6) is 1.23. The predicted molar refractivity (Wildman–Crippen MR) is 130 cm³/mol. The van der Waals surface area contributed by atoms with E-state index < -0.39 is 0 Å². The minimum atomic E-state index is -0.0360. The summed E-state index contributed by atoms with van der Waals surface area (Å²) in [4.78, 5) is 15.0. The summed E-state index contributed by atoms with van der Waals surface area (Å²) in [5, 5.41) is 12.7. The first-order chi connectivity index (χ1) is 15.7. The molecule has 32 heavy (non-hydrogen) atoms. The fourth-order valence-electron chi connectivity index (χ4n) is 3.94. The number of aromatic nitrogens is 3. The molecule has 4 rings (SSSR count). The monoisotopic (exact) mass is 449 g/mol. The van der Waals surface area contributed by atoms with Crippen LogP contribution in [-0.4, -0.2) is 44.4 Å². The maximum atomic E-state index is 12.5. The van der Waals surface area contributed by atoms with Gasteiger partial charge in [0, 0.05) is 5.69 Å². The lowest BCUT2D eigenvalue weighted by Gasteiger charge is -2.26. The van der Waals surface area contributed by atoms with Gasteiger partial charge in [-0.1, -0.05) is 67.6 Å². The Bertz CT molecular complexity index is 997. The van der Waals surface area contributed by atoms with Gasteiger partial charge in [0.15, 0.2) is 5.16 Å². The van der Waals surface area contributed by atoms with Crippen LogP contribution in [0.1, 0.15) is 43.1 Å². The average Bonchev–Trinajstić information content (AvgIpc) is 3.20. The SMILES string of the molecule is CCc1ccc(NC(=O)CSc2nnc(CN3CCCCC3)n2Cc2ccccc2)cc1. The van der Waals surface area contributed by atoms with Crippen molar-refractivity contribution in [3.8, 4) is 0 Å². The molecule has 6 nitrogen and oxygen atoms in total. The van der Waals surface area contributed by atoms with E-state index in [9.17, 15) is 4.79 Å². The topological polar surface area (TPSA) is 63.1 Å². The number of likely N-dealkylation sites (tertiary alicyclic amines) is 1. The van der Waals surface area contributed by atoms with Crippen LogP contribution < -0.4 is 5.32 Å². The number of carbonyl (C=O) groups excluding carboxylic acids is 1. The zero-order chi connectivity index (χ0) is 22.2. The molecule has 0 unspecified atom stereocenters. The standard InChI is InChI=1S/C25H31N5OS/c1-2-20-11-13-22(14-12-20)26-24(31)19-32-25-28-27-23(18-29-15-7-4-8-16-29)30(25)17-21-9-5-3-6-10-21/h3,5-6,9-14H,2,4,7-8,15-19H2,1H3,(H,26,31). The van der Waals surface area contributed by atoms with Crippen LogP contribution >= 0.6 is 11.8 Å². The molecular weight excluding hydrogens is 418 g/mol. The second-order valence-electron chi connectivity index (χ2n) is 8.19. The van der Waals surface area contributed by atoms with E-state index >= 15 is 0 Å². The Morgan fingerprint density at radius 3 is 2.41 bits per heavy atom. The first kappa shape index (κ1) is 22.6. The largest absolute Gasteiger partial charge is 0.325 e. The van der Waals surface area contributed by atoms with E-state index in [1.165, 1.54) is 42.2 Å². The summed E-state index contributed by atoms with van der Waals surface area (Å²) in [7, 11) is 0. The molecule has 1 fully saturated rings. The minimum Gasteiger partial charge on any atom is -0.325 e. The third-order valence-corrected chi connectivity index (χ3v) is 6.74. The molecule has 168 valence electrons. The maximum Gasteiger partial charge on any atom is 0.234 e. The predicted octanol–water partition coefficient (Wildman–Crippen LogP) is 4.61. The zero-order valence-corrected chi connectivity index (χ0v) is 19.5. The van der Waals surface area contributed by atoms with E-state index in [4.69, 9.17) is 0 Å². The molecule has 0 bridgehead atoms. The average molecular weight is 450 g/mol. The number of hydrogen-bond acceptors (Lipinski definition) is 5. The van der Waals surface area contributed by atoms with Crippen molar-refractivity contribution in [1.82, 2.24) is 19.7 Å². The van der Waals surface area contributed by atoms with Crippen molar-refractivity contribution in [2.75, 3.05) is 24.2 Å². The van der Waals surface area contributed by atoms with Crippen molar-refractivity contribution < 1.29 is 4.79 Å². The van der Waals surface area contributed by atoms with Gasteiger partial charge in [-0.15, -0.1) is 10.2 Å². The molecule has 1 saturated heterocycles. The Balaban J connectivity index is 1.43. The molecular formula is C25H31N5OS. The van der Waals surface area contributed by atoms with Gasteiger partial charge in [0.05, 0.1) is 18.8 Å². The molecule has 3 aromatic rings. The zero-order valence-electron chi connectivity index (χ0n) is 18.7. The highest BCUT2D eigenvalue weighted by atomic mass is 32.2. The van der Waals surface area contributed by atoms with Gasteiger partial charge in [0.25, 0.3) is 0 Å². The fraction of sp³-hybridized carbons (Fsp3) is 0.400. The summed E-state index contributed by atoms with van der Waals surface area (Å²) < 4.78 is 2.16. The highest BCUT2D eigenvalue weighted by Crippen LogP contribution is 2.21. The number of thioether (sulfide) groups is 1. The van der Waals surface area contributed by atoms with Gasteiger partial charge < -0.3 is 9.88 Å². The van der Waals surface area contributed by atoms with Gasteiger partial charge in [-0.05, 0) is 55.6 Å². The molecule has 1 aromatic heterocycles.